The molecule has 0 saturated carbocycles. The van der Waals surface area contributed by atoms with Gasteiger partial charge >= 0.3 is 0 Å². The fourth-order valence-electron chi connectivity index (χ4n) is 3.76. The first kappa shape index (κ1) is 24.7. The second-order valence-corrected chi connectivity index (χ2v) is 9.92. The molecule has 1 amide bonds. The molecule has 11 heteroatoms. The summed E-state index contributed by atoms with van der Waals surface area (Å²) in [5, 5.41) is 2.32. The lowest BCUT2D eigenvalue weighted by Crippen LogP contribution is -2.40. The molecule has 0 spiro atoms. The number of nitrogens with one attached hydrogen (secondary N) is 3. The number of ether oxygens (including phenoxy) is 1. The van der Waals surface area contributed by atoms with Gasteiger partial charge in [-0.2, -0.15) is 0 Å². The summed E-state index contributed by atoms with van der Waals surface area (Å²) < 4.78 is 72.2. The zero-order valence-electron chi connectivity index (χ0n) is 18.8. The van der Waals surface area contributed by atoms with Crippen LogP contribution in [0.25, 0.3) is 6.08 Å². The third kappa shape index (κ3) is 5.16. The summed E-state index contributed by atoms with van der Waals surface area (Å²) >= 11 is 0. The van der Waals surface area contributed by atoms with Gasteiger partial charge in [-0.15, -0.1) is 0 Å². The molecule has 4 rings (SSSR count). The molecule has 1 aliphatic rings. The van der Waals surface area contributed by atoms with E-state index >= 15 is 0 Å². The Bertz CT molecular complexity index is 1380. The maximum absolute atomic E-state index is 13.6. The van der Waals surface area contributed by atoms with Gasteiger partial charge in [0.25, 0.3) is 5.91 Å². The van der Waals surface area contributed by atoms with Gasteiger partial charge in [-0.05, 0) is 12.5 Å². The third-order valence-corrected chi connectivity index (χ3v) is 7.13. The van der Waals surface area contributed by atoms with Crippen LogP contribution >= 0.6 is 0 Å². The Kier molecular flexibility index (Phi) is 6.84. The van der Waals surface area contributed by atoms with E-state index < -0.39 is 45.4 Å². The van der Waals surface area contributed by atoms with E-state index in [9.17, 15) is 22.2 Å². The number of aryl methyl sites for hydroxylation is 1. The SMILES string of the molecule is C[C@@H](OCc1ccccc1)C1C=Cc2c(cn(C)c2C(=O)Nc2cc(F)c(F)c(F)c2)S(=N)(=O)N1. The monoisotopic (exact) mass is 504 g/mol. The fourth-order valence-corrected chi connectivity index (χ4v) is 5.32. The van der Waals surface area contributed by atoms with Crippen molar-refractivity contribution in [2.75, 3.05) is 5.32 Å². The van der Waals surface area contributed by atoms with Crippen molar-refractivity contribution in [2.45, 2.75) is 30.6 Å². The Hall–Kier alpha value is -3.41. The third-order valence-electron chi connectivity index (χ3n) is 5.58. The summed E-state index contributed by atoms with van der Waals surface area (Å²) in [5.74, 6) is -5.31. The van der Waals surface area contributed by atoms with Crippen LogP contribution in [0, 0.1) is 22.2 Å². The molecule has 2 unspecified atom stereocenters. The van der Waals surface area contributed by atoms with Crippen molar-refractivity contribution in [3.8, 4) is 0 Å². The van der Waals surface area contributed by atoms with Gasteiger partial charge in [-0.1, -0.05) is 42.5 Å². The Balaban J connectivity index is 1.60. The highest BCUT2D eigenvalue weighted by atomic mass is 32.2. The number of nitrogens with zero attached hydrogens (tertiary/aromatic N) is 1. The average Bonchev–Trinajstić information content (AvgIpc) is 3.09. The molecule has 35 heavy (non-hydrogen) atoms. The molecule has 0 saturated heterocycles. The summed E-state index contributed by atoms with van der Waals surface area (Å²) in [5.41, 5.74) is 0.907. The number of carbonyl (C=O) groups is 1. The maximum atomic E-state index is 13.6. The van der Waals surface area contributed by atoms with Gasteiger partial charge in [-0.3, -0.25) is 4.79 Å². The first-order chi connectivity index (χ1) is 16.6. The van der Waals surface area contributed by atoms with Crippen LogP contribution in [0.1, 0.15) is 28.5 Å². The molecule has 3 aromatic rings. The molecule has 0 aliphatic carbocycles. The van der Waals surface area contributed by atoms with E-state index in [0.717, 1.165) is 5.56 Å². The molecule has 0 bridgehead atoms. The van der Waals surface area contributed by atoms with Crippen LogP contribution < -0.4 is 10.0 Å². The second kappa shape index (κ2) is 9.68. The van der Waals surface area contributed by atoms with Gasteiger partial charge in [0.15, 0.2) is 17.5 Å². The molecule has 3 N–H and O–H groups in total. The topological polar surface area (TPSA) is 96.2 Å². The molecule has 0 radical (unpaired) electrons. The van der Waals surface area contributed by atoms with Gasteiger partial charge in [0, 0.05) is 36.6 Å². The maximum Gasteiger partial charge on any atom is 0.272 e. The number of carbonyl (C=O) groups excluding carboxylic acids is 1. The number of fused-ring (bicyclic) bond motifs is 1. The van der Waals surface area contributed by atoms with Gasteiger partial charge < -0.3 is 14.6 Å². The summed E-state index contributed by atoms with van der Waals surface area (Å²) in [4.78, 5) is 13.0. The summed E-state index contributed by atoms with van der Waals surface area (Å²) in [6.45, 7) is 2.10. The average molecular weight is 505 g/mol. The van der Waals surface area contributed by atoms with E-state index in [0.29, 0.717) is 18.7 Å². The number of rotatable bonds is 6. The van der Waals surface area contributed by atoms with Gasteiger partial charge in [0.1, 0.15) is 15.6 Å². The van der Waals surface area contributed by atoms with Crippen LogP contribution in [0.3, 0.4) is 0 Å². The van der Waals surface area contributed by atoms with E-state index in [-0.39, 0.29) is 21.8 Å². The lowest BCUT2D eigenvalue weighted by atomic mass is 10.1. The lowest BCUT2D eigenvalue weighted by Gasteiger charge is -2.22. The van der Waals surface area contributed by atoms with E-state index in [1.807, 2.05) is 30.3 Å². The zero-order chi connectivity index (χ0) is 25.3. The fraction of sp³-hybridized carbons (Fsp3) is 0.208. The molecule has 3 atom stereocenters. The Morgan fingerprint density at radius 2 is 1.89 bits per heavy atom. The van der Waals surface area contributed by atoms with Crippen molar-refractivity contribution >= 4 is 27.6 Å². The van der Waals surface area contributed by atoms with Crippen molar-refractivity contribution < 1.29 is 26.9 Å². The number of anilines is 1. The lowest BCUT2D eigenvalue weighted by molar-refractivity contribution is 0.0425. The van der Waals surface area contributed by atoms with Crippen molar-refractivity contribution in [1.82, 2.24) is 9.29 Å². The molecular formula is C24H23F3N4O3S. The largest absolute Gasteiger partial charge is 0.372 e. The predicted molar refractivity (Wildman–Crippen MR) is 125 cm³/mol. The highest BCUT2D eigenvalue weighted by Crippen LogP contribution is 2.29. The van der Waals surface area contributed by atoms with Gasteiger partial charge in [0.05, 0.1) is 23.6 Å². The quantitative estimate of drug-likeness (QED) is 0.428. The minimum absolute atomic E-state index is 0.0154. The normalized spacial score (nSPS) is 20.2. The summed E-state index contributed by atoms with van der Waals surface area (Å²) in [7, 11) is -2.03. The number of hydrogen-bond donors (Lipinski definition) is 3. The number of hydrogen-bond acceptors (Lipinski definition) is 4. The molecule has 2 heterocycles. The number of amides is 1. The van der Waals surface area contributed by atoms with Gasteiger partial charge in [-0.25, -0.2) is 26.9 Å². The number of benzene rings is 2. The van der Waals surface area contributed by atoms with Crippen molar-refractivity contribution in [3.63, 3.8) is 0 Å². The number of aromatic nitrogens is 1. The Morgan fingerprint density at radius 1 is 1.23 bits per heavy atom. The van der Waals surface area contributed by atoms with Crippen LogP contribution in [0.5, 0.6) is 0 Å². The minimum atomic E-state index is -3.55. The molecular weight excluding hydrogens is 481 g/mol. The minimum Gasteiger partial charge on any atom is -0.372 e. The zero-order valence-corrected chi connectivity index (χ0v) is 19.7. The van der Waals surface area contributed by atoms with Crippen LogP contribution in [-0.4, -0.2) is 26.8 Å². The number of halogens is 3. The molecule has 0 fully saturated rings. The van der Waals surface area contributed by atoms with E-state index in [2.05, 4.69) is 10.0 Å². The second-order valence-electron chi connectivity index (χ2n) is 8.14. The smallest absolute Gasteiger partial charge is 0.272 e. The van der Waals surface area contributed by atoms with Crippen LogP contribution in [0.4, 0.5) is 18.9 Å². The molecule has 2 aromatic carbocycles. The van der Waals surface area contributed by atoms with E-state index in [4.69, 9.17) is 9.52 Å². The standard InChI is InChI=1S/C24H23F3N4O3S/c1-14(34-13-15-6-4-3-5-7-15)20-9-8-17-21(35(28,33)30-20)12-31(2)23(17)24(32)29-16-10-18(25)22(27)19(26)11-16/h3-12,14,20H,13H2,1-2H3,(H,29,32)(H2,28,30,33)/t14-,20?,35?/m1/s1. The first-order valence-corrected chi connectivity index (χ1v) is 12.2. The van der Waals surface area contributed by atoms with Crippen molar-refractivity contribution in [3.05, 3.63) is 89.0 Å². The highest BCUT2D eigenvalue weighted by molar-refractivity contribution is 7.90. The Morgan fingerprint density at radius 3 is 2.54 bits per heavy atom. The molecule has 1 aliphatic heterocycles. The van der Waals surface area contributed by atoms with Crippen molar-refractivity contribution in [2.24, 2.45) is 7.05 Å². The van der Waals surface area contributed by atoms with E-state index in [1.54, 1.807) is 19.1 Å². The first-order valence-electron chi connectivity index (χ1n) is 10.6. The van der Waals surface area contributed by atoms with Crippen LogP contribution in [-0.2, 0) is 28.3 Å². The summed E-state index contributed by atoms with van der Waals surface area (Å²) in [6.07, 6.45) is 4.15. The molecule has 184 valence electrons. The summed E-state index contributed by atoms with van der Waals surface area (Å²) in [6, 6.07) is 10.2. The molecule has 1 aromatic heterocycles. The highest BCUT2D eigenvalue weighted by Gasteiger charge is 2.30. The van der Waals surface area contributed by atoms with Crippen LogP contribution in [0.2, 0.25) is 0 Å². The molecule has 7 nitrogen and oxygen atoms in total. The van der Waals surface area contributed by atoms with Crippen molar-refractivity contribution in [1.29, 1.82) is 4.78 Å². The Labute approximate surface area is 200 Å². The van der Waals surface area contributed by atoms with Gasteiger partial charge in [0.2, 0.25) is 0 Å². The van der Waals surface area contributed by atoms with Crippen LogP contribution in [0.15, 0.2) is 59.6 Å². The van der Waals surface area contributed by atoms with E-state index in [1.165, 1.54) is 17.8 Å². The predicted octanol–water partition coefficient (Wildman–Crippen LogP) is 4.61.